The molecule has 1 saturated heterocycles. The standard InChI is InChI=1S/C32H34Cl2N4O3/c1-3-22(2)35-21-26-29(30(39)37-19-17-32(40,18-20-37)23-9-5-4-6-10-23)36-38(28-12-8-7-11-27(28)34)31(26)41-25-15-13-24(33)14-16-25/h4-16,22,35,40H,3,17-21H2,1-2H3. The zero-order valence-corrected chi connectivity index (χ0v) is 24.7. The van der Waals surface area contributed by atoms with Crippen LogP contribution in [0.4, 0.5) is 0 Å². The molecule has 5 rings (SSSR count). The molecule has 0 saturated carbocycles. The summed E-state index contributed by atoms with van der Waals surface area (Å²) in [5, 5.41) is 20.7. The third-order valence-corrected chi connectivity index (χ3v) is 8.25. The van der Waals surface area contributed by atoms with Crippen molar-refractivity contribution >= 4 is 29.1 Å². The second kappa shape index (κ2) is 12.7. The summed E-state index contributed by atoms with van der Waals surface area (Å²) >= 11 is 12.7. The summed E-state index contributed by atoms with van der Waals surface area (Å²) in [5.41, 5.74) is 1.41. The number of nitrogens with zero attached hydrogens (tertiary/aromatic N) is 3. The van der Waals surface area contributed by atoms with E-state index >= 15 is 0 Å². The van der Waals surface area contributed by atoms with Crippen LogP contribution in [0.15, 0.2) is 78.9 Å². The quantitative estimate of drug-likeness (QED) is 0.219. The van der Waals surface area contributed by atoms with E-state index in [4.69, 9.17) is 33.0 Å². The maximum Gasteiger partial charge on any atom is 0.274 e. The fraction of sp³-hybridized carbons (Fsp3) is 0.312. The van der Waals surface area contributed by atoms with E-state index in [1.54, 1.807) is 39.9 Å². The Bertz CT molecular complexity index is 1480. The van der Waals surface area contributed by atoms with Gasteiger partial charge >= 0.3 is 0 Å². The molecule has 1 aromatic heterocycles. The third-order valence-electron chi connectivity index (χ3n) is 7.68. The van der Waals surface area contributed by atoms with Crippen LogP contribution in [0.2, 0.25) is 10.0 Å². The van der Waals surface area contributed by atoms with Crippen molar-refractivity contribution in [2.24, 2.45) is 0 Å². The van der Waals surface area contributed by atoms with Crippen molar-refractivity contribution < 1.29 is 14.6 Å². The van der Waals surface area contributed by atoms with E-state index in [0.29, 0.717) is 65.4 Å². The van der Waals surface area contributed by atoms with Crippen LogP contribution in [0.1, 0.15) is 54.7 Å². The van der Waals surface area contributed by atoms with Gasteiger partial charge in [-0.25, -0.2) is 0 Å². The molecule has 0 radical (unpaired) electrons. The molecule has 2 heterocycles. The Morgan fingerprint density at radius 1 is 1.02 bits per heavy atom. The number of benzene rings is 3. The van der Waals surface area contributed by atoms with Gasteiger partial charge in [0.15, 0.2) is 5.69 Å². The maximum absolute atomic E-state index is 14.1. The van der Waals surface area contributed by atoms with Gasteiger partial charge in [0.25, 0.3) is 5.91 Å². The highest BCUT2D eigenvalue weighted by atomic mass is 35.5. The van der Waals surface area contributed by atoms with Gasteiger partial charge in [-0.2, -0.15) is 9.78 Å². The molecule has 7 nitrogen and oxygen atoms in total. The van der Waals surface area contributed by atoms with Crippen LogP contribution in [-0.4, -0.2) is 44.8 Å². The van der Waals surface area contributed by atoms with E-state index < -0.39 is 5.60 Å². The van der Waals surface area contributed by atoms with E-state index in [1.165, 1.54) is 0 Å². The smallest absolute Gasteiger partial charge is 0.274 e. The number of para-hydroxylation sites is 1. The van der Waals surface area contributed by atoms with Crippen molar-refractivity contribution in [1.82, 2.24) is 20.0 Å². The topological polar surface area (TPSA) is 79.6 Å². The molecule has 1 aliphatic heterocycles. The molecule has 0 spiro atoms. The maximum atomic E-state index is 14.1. The predicted molar refractivity (Wildman–Crippen MR) is 162 cm³/mol. The SMILES string of the molecule is CCC(C)NCc1c(C(=O)N2CCC(O)(c3ccccc3)CC2)nn(-c2ccccc2Cl)c1Oc1ccc(Cl)cc1. The average molecular weight is 594 g/mol. The Morgan fingerprint density at radius 2 is 1.68 bits per heavy atom. The van der Waals surface area contributed by atoms with Gasteiger partial charge in [-0.1, -0.05) is 72.6 Å². The number of rotatable bonds is 9. The average Bonchev–Trinajstić information content (AvgIpc) is 3.35. The van der Waals surface area contributed by atoms with Crippen molar-refractivity contribution in [2.45, 2.75) is 51.3 Å². The first-order valence-electron chi connectivity index (χ1n) is 13.9. The van der Waals surface area contributed by atoms with Crippen LogP contribution in [0.5, 0.6) is 11.6 Å². The normalized spacial score (nSPS) is 15.5. The summed E-state index contributed by atoms with van der Waals surface area (Å²) in [4.78, 5) is 15.9. The highest BCUT2D eigenvalue weighted by Crippen LogP contribution is 2.36. The van der Waals surface area contributed by atoms with Gasteiger partial charge < -0.3 is 20.1 Å². The first-order chi connectivity index (χ1) is 19.8. The Morgan fingerprint density at radius 3 is 2.34 bits per heavy atom. The van der Waals surface area contributed by atoms with E-state index in [-0.39, 0.29) is 17.6 Å². The van der Waals surface area contributed by atoms with Crippen molar-refractivity contribution in [3.63, 3.8) is 0 Å². The molecule has 2 N–H and O–H groups in total. The first-order valence-corrected chi connectivity index (χ1v) is 14.7. The van der Waals surface area contributed by atoms with Crippen LogP contribution in [0.3, 0.4) is 0 Å². The summed E-state index contributed by atoms with van der Waals surface area (Å²) in [6.07, 6.45) is 1.78. The number of nitrogens with one attached hydrogen (secondary N) is 1. The lowest BCUT2D eigenvalue weighted by Gasteiger charge is -2.38. The van der Waals surface area contributed by atoms with Gasteiger partial charge in [-0.15, -0.1) is 0 Å². The molecule has 1 unspecified atom stereocenters. The molecule has 1 aliphatic rings. The molecule has 3 aromatic carbocycles. The number of carbonyl (C=O) groups excluding carboxylic acids is 1. The second-order valence-corrected chi connectivity index (χ2v) is 11.3. The Labute approximate surface area is 250 Å². The number of amides is 1. The molecule has 1 fully saturated rings. The molecule has 41 heavy (non-hydrogen) atoms. The van der Waals surface area contributed by atoms with Crippen LogP contribution < -0.4 is 10.1 Å². The molecule has 9 heteroatoms. The number of hydrogen-bond acceptors (Lipinski definition) is 5. The molecule has 214 valence electrons. The van der Waals surface area contributed by atoms with E-state index in [1.807, 2.05) is 48.5 Å². The number of likely N-dealkylation sites (tertiary alicyclic amines) is 1. The monoisotopic (exact) mass is 592 g/mol. The van der Waals surface area contributed by atoms with Crippen LogP contribution >= 0.6 is 23.2 Å². The predicted octanol–water partition coefficient (Wildman–Crippen LogP) is 6.98. The van der Waals surface area contributed by atoms with E-state index in [2.05, 4.69) is 19.2 Å². The van der Waals surface area contributed by atoms with Gasteiger partial charge in [0, 0.05) is 30.7 Å². The molecule has 0 bridgehead atoms. The zero-order chi connectivity index (χ0) is 29.0. The Hall–Kier alpha value is -3.36. The lowest BCUT2D eigenvalue weighted by Crippen LogP contribution is -2.45. The molecule has 1 amide bonds. The van der Waals surface area contributed by atoms with Gasteiger partial charge in [-0.05, 0) is 68.1 Å². The van der Waals surface area contributed by atoms with E-state index in [9.17, 15) is 9.90 Å². The summed E-state index contributed by atoms with van der Waals surface area (Å²) < 4.78 is 8.01. The van der Waals surface area contributed by atoms with Gasteiger partial charge in [0.05, 0.1) is 21.9 Å². The summed E-state index contributed by atoms with van der Waals surface area (Å²) in [6.45, 7) is 5.35. The minimum atomic E-state index is -0.973. The van der Waals surface area contributed by atoms with Crippen LogP contribution in [-0.2, 0) is 12.1 Å². The summed E-state index contributed by atoms with van der Waals surface area (Å²) in [5.74, 6) is 0.738. The second-order valence-electron chi connectivity index (χ2n) is 10.4. The highest BCUT2D eigenvalue weighted by molar-refractivity contribution is 6.32. The first kappa shape index (κ1) is 29.1. The minimum absolute atomic E-state index is 0.209. The third kappa shape index (κ3) is 6.44. The van der Waals surface area contributed by atoms with Crippen LogP contribution in [0.25, 0.3) is 5.69 Å². The number of ether oxygens (including phenoxy) is 1. The number of piperidine rings is 1. The lowest BCUT2D eigenvalue weighted by atomic mass is 9.84. The molecular formula is C32H34Cl2N4O3. The largest absolute Gasteiger partial charge is 0.439 e. The van der Waals surface area contributed by atoms with Crippen molar-refractivity contribution in [3.05, 3.63) is 106 Å². The van der Waals surface area contributed by atoms with Gasteiger partial charge in [0.2, 0.25) is 5.88 Å². The van der Waals surface area contributed by atoms with Gasteiger partial charge in [0.1, 0.15) is 5.75 Å². The summed E-state index contributed by atoms with van der Waals surface area (Å²) in [7, 11) is 0. The number of aromatic nitrogens is 2. The Kier molecular flexibility index (Phi) is 9.00. The van der Waals surface area contributed by atoms with Gasteiger partial charge in [-0.3, -0.25) is 4.79 Å². The fourth-order valence-corrected chi connectivity index (χ4v) is 5.30. The van der Waals surface area contributed by atoms with Crippen molar-refractivity contribution in [2.75, 3.05) is 13.1 Å². The lowest BCUT2D eigenvalue weighted by molar-refractivity contribution is -0.0213. The number of halogens is 2. The summed E-state index contributed by atoms with van der Waals surface area (Å²) in [6, 6.07) is 24.2. The molecule has 4 aromatic rings. The number of aliphatic hydroxyl groups is 1. The zero-order valence-electron chi connectivity index (χ0n) is 23.2. The highest BCUT2D eigenvalue weighted by Gasteiger charge is 2.37. The number of carbonyl (C=O) groups is 1. The molecule has 1 atom stereocenters. The Balaban J connectivity index is 1.53. The molecule has 0 aliphatic carbocycles. The van der Waals surface area contributed by atoms with Crippen molar-refractivity contribution in [3.8, 4) is 17.3 Å². The fourth-order valence-electron chi connectivity index (χ4n) is 4.96. The minimum Gasteiger partial charge on any atom is -0.439 e. The van der Waals surface area contributed by atoms with Crippen molar-refractivity contribution in [1.29, 1.82) is 0 Å². The number of hydrogen-bond donors (Lipinski definition) is 2. The van der Waals surface area contributed by atoms with E-state index in [0.717, 1.165) is 12.0 Å². The van der Waals surface area contributed by atoms with Crippen LogP contribution in [0, 0.1) is 0 Å². The molecular weight excluding hydrogens is 559 g/mol.